The molecule has 53 heavy (non-hydrogen) atoms. The Kier molecular flexibility index (Phi) is 21.7. The topological polar surface area (TPSA) is 25.3 Å². The van der Waals surface area contributed by atoms with E-state index < -0.39 is 0 Å². The molecule has 296 valence electrons. The van der Waals surface area contributed by atoms with Crippen molar-refractivity contribution in [1.82, 2.24) is 0 Å². The second-order valence-corrected chi connectivity index (χ2v) is 16.2. The van der Waals surface area contributed by atoms with E-state index in [1.807, 2.05) is 0 Å². The number of hydrogen-bond acceptors (Lipinski definition) is 0. The predicted octanol–water partition coefficient (Wildman–Crippen LogP) is 16.5. The third-order valence-electron chi connectivity index (χ3n) is 12.2. The van der Waals surface area contributed by atoms with Crippen molar-refractivity contribution >= 4 is 11.4 Å². The van der Waals surface area contributed by atoms with Crippen LogP contribution in [0.25, 0.3) is 16.9 Å². The van der Waals surface area contributed by atoms with Crippen molar-refractivity contribution in [1.29, 1.82) is 0 Å². The molecule has 0 saturated heterocycles. The van der Waals surface area contributed by atoms with Gasteiger partial charge in [0.15, 0.2) is 0 Å². The minimum Gasteiger partial charge on any atom is -0.493 e. The molecule has 2 nitrogen and oxygen atoms in total. The highest BCUT2D eigenvalue weighted by molar-refractivity contribution is 5.83. The SMILES string of the molecule is CCCCCCCCCCCCCC1=C(c2cc(CC)c(CCCCC)c(CC)c2)[N+](=[N-])C(c2cc(CC)c(CCCCC)c(CC)c2)=C1CCCC. The summed E-state index contributed by atoms with van der Waals surface area (Å²) in [6.45, 7) is 18.5. The molecular weight excluding hydrogens is 641 g/mol. The molecule has 3 rings (SSSR count). The number of benzene rings is 2. The number of nitrogens with zero attached hydrogens (tertiary/aromatic N) is 2. The van der Waals surface area contributed by atoms with Crippen molar-refractivity contribution in [2.45, 2.75) is 229 Å². The van der Waals surface area contributed by atoms with Gasteiger partial charge in [-0.1, -0.05) is 152 Å². The van der Waals surface area contributed by atoms with Gasteiger partial charge in [-0.15, -0.1) is 0 Å². The summed E-state index contributed by atoms with van der Waals surface area (Å²) in [5.74, 6) is 0. The molecule has 1 aliphatic rings. The number of rotatable bonds is 29. The zero-order chi connectivity index (χ0) is 38.4. The summed E-state index contributed by atoms with van der Waals surface area (Å²) < 4.78 is 1.68. The van der Waals surface area contributed by atoms with Crippen molar-refractivity contribution in [3.05, 3.63) is 85.5 Å². The summed E-state index contributed by atoms with van der Waals surface area (Å²) in [7, 11) is 0. The molecule has 2 aromatic rings. The van der Waals surface area contributed by atoms with Crippen molar-refractivity contribution in [3.8, 4) is 0 Å². The van der Waals surface area contributed by atoms with Crippen LogP contribution >= 0.6 is 0 Å². The summed E-state index contributed by atoms with van der Waals surface area (Å²) in [5.41, 5.74) is 29.1. The molecule has 2 aromatic carbocycles. The molecule has 0 unspecified atom stereocenters. The van der Waals surface area contributed by atoms with E-state index in [0.29, 0.717) is 0 Å². The van der Waals surface area contributed by atoms with E-state index in [-0.39, 0.29) is 0 Å². The van der Waals surface area contributed by atoms with E-state index >= 15 is 0 Å². The lowest BCUT2D eigenvalue weighted by atomic mass is 9.87. The molecular formula is C51H82N2. The van der Waals surface area contributed by atoms with Gasteiger partial charge in [-0.3, -0.25) is 0 Å². The van der Waals surface area contributed by atoms with Crippen molar-refractivity contribution in [2.75, 3.05) is 0 Å². The maximum atomic E-state index is 12.6. The second-order valence-electron chi connectivity index (χ2n) is 16.2. The summed E-state index contributed by atoms with van der Waals surface area (Å²) >= 11 is 0. The second kappa shape index (κ2) is 25.6. The Bertz CT molecular complexity index is 1400. The summed E-state index contributed by atoms with van der Waals surface area (Å²) in [6.07, 6.45) is 33.4. The fraction of sp³-hybridized carbons (Fsp3) is 0.686. The molecule has 0 saturated carbocycles. The number of allylic oxidation sites excluding steroid dienone is 2. The third kappa shape index (κ3) is 13.1. The van der Waals surface area contributed by atoms with E-state index in [2.05, 4.69) is 79.7 Å². The Morgan fingerprint density at radius 2 is 0.642 bits per heavy atom. The minimum absolute atomic E-state index is 1.03. The van der Waals surface area contributed by atoms with Gasteiger partial charge in [0.1, 0.15) is 0 Å². The summed E-state index contributed by atoms with van der Waals surface area (Å²) in [4.78, 5) is 0. The highest BCUT2D eigenvalue weighted by atomic mass is 15.2. The molecule has 0 atom stereocenters. The van der Waals surface area contributed by atoms with E-state index in [1.54, 1.807) is 15.8 Å². The first-order valence-corrected chi connectivity index (χ1v) is 23.2. The quantitative estimate of drug-likeness (QED) is 0.0590. The first-order chi connectivity index (χ1) is 25.9. The zero-order valence-corrected chi connectivity index (χ0v) is 36.3. The van der Waals surface area contributed by atoms with Crippen molar-refractivity contribution < 1.29 is 4.70 Å². The molecule has 0 N–H and O–H groups in total. The smallest absolute Gasteiger partial charge is 0.211 e. The van der Waals surface area contributed by atoms with Crippen molar-refractivity contribution in [2.24, 2.45) is 0 Å². The lowest BCUT2D eigenvalue weighted by molar-refractivity contribution is -0.345. The van der Waals surface area contributed by atoms with Gasteiger partial charge < -0.3 is 5.53 Å². The third-order valence-corrected chi connectivity index (χ3v) is 12.2. The van der Waals surface area contributed by atoms with Crippen LogP contribution in [-0.2, 0) is 38.5 Å². The van der Waals surface area contributed by atoms with Crippen molar-refractivity contribution in [3.63, 3.8) is 0 Å². The molecule has 0 radical (unpaired) electrons. The molecule has 1 aliphatic heterocycles. The molecule has 2 heteroatoms. The lowest BCUT2D eigenvalue weighted by Crippen LogP contribution is -2.08. The Labute approximate surface area is 329 Å². The molecule has 0 bridgehead atoms. The fourth-order valence-corrected chi connectivity index (χ4v) is 8.98. The largest absolute Gasteiger partial charge is 0.493 e. The average Bonchev–Trinajstić information content (AvgIpc) is 3.45. The first-order valence-electron chi connectivity index (χ1n) is 23.2. The highest BCUT2D eigenvalue weighted by Crippen LogP contribution is 2.46. The van der Waals surface area contributed by atoms with Gasteiger partial charge in [0.25, 0.3) is 0 Å². The van der Waals surface area contributed by atoms with Crippen LogP contribution in [0.2, 0.25) is 0 Å². The standard InChI is InChI=1S/C51H82N2/c1-9-17-21-22-23-24-25-26-27-28-31-35-49-48(32-20-12-4)50(44-36-40(13-5)46(33-29-18-10-2)41(14-6)37-44)53(52)51(49)45-38-42(15-7)47(34-30-19-11-3)43(16-8)39-45/h36-39H,9-35H2,1-8H3. The van der Waals surface area contributed by atoms with Crippen LogP contribution in [0, 0.1) is 0 Å². The lowest BCUT2D eigenvalue weighted by Gasteiger charge is -2.18. The van der Waals surface area contributed by atoms with Crippen LogP contribution in [0.3, 0.4) is 0 Å². The molecule has 0 amide bonds. The maximum Gasteiger partial charge on any atom is 0.211 e. The number of unbranched alkanes of at least 4 members (excludes halogenated alkanes) is 15. The average molecular weight is 723 g/mol. The monoisotopic (exact) mass is 723 g/mol. The molecule has 0 fully saturated rings. The molecule has 0 aliphatic carbocycles. The minimum atomic E-state index is 1.03. The Morgan fingerprint density at radius 3 is 0.981 bits per heavy atom. The molecule has 0 aromatic heterocycles. The number of aryl methyl sites for hydroxylation is 4. The molecule has 1 heterocycles. The Morgan fingerprint density at radius 1 is 0.358 bits per heavy atom. The summed E-state index contributed by atoms with van der Waals surface area (Å²) in [6, 6.07) is 9.84. The van der Waals surface area contributed by atoms with Gasteiger partial charge in [0.2, 0.25) is 11.4 Å². The maximum absolute atomic E-state index is 12.6. The fourth-order valence-electron chi connectivity index (χ4n) is 8.98. The van der Waals surface area contributed by atoms with E-state index in [4.69, 9.17) is 0 Å². The van der Waals surface area contributed by atoms with Crippen LogP contribution in [0.5, 0.6) is 0 Å². The Hall–Kier alpha value is -2.48. The molecule has 0 spiro atoms. The van der Waals surface area contributed by atoms with E-state index in [1.165, 1.54) is 167 Å². The first kappa shape index (κ1) is 44.9. The predicted molar refractivity (Wildman–Crippen MR) is 235 cm³/mol. The van der Waals surface area contributed by atoms with Gasteiger partial charge in [-0.2, -0.15) is 0 Å². The van der Waals surface area contributed by atoms with Gasteiger partial charge in [-0.05, 0) is 135 Å². The van der Waals surface area contributed by atoms with Gasteiger partial charge in [0.05, 0.1) is 0 Å². The van der Waals surface area contributed by atoms with Gasteiger partial charge in [0, 0.05) is 22.3 Å². The summed E-state index contributed by atoms with van der Waals surface area (Å²) in [5, 5.41) is 0. The number of hydrogen-bond donors (Lipinski definition) is 0. The van der Waals surface area contributed by atoms with E-state index in [0.717, 1.165) is 62.8 Å². The van der Waals surface area contributed by atoms with Crippen LogP contribution < -0.4 is 0 Å². The van der Waals surface area contributed by atoms with Crippen LogP contribution in [-0.4, -0.2) is 4.70 Å². The van der Waals surface area contributed by atoms with Crippen LogP contribution in [0.1, 0.15) is 235 Å². The Balaban J connectivity index is 2.07. The van der Waals surface area contributed by atoms with Gasteiger partial charge >= 0.3 is 0 Å². The van der Waals surface area contributed by atoms with E-state index in [9.17, 15) is 5.53 Å². The zero-order valence-electron chi connectivity index (χ0n) is 36.3. The van der Waals surface area contributed by atoms with Crippen LogP contribution in [0.4, 0.5) is 0 Å². The van der Waals surface area contributed by atoms with Gasteiger partial charge in [-0.25, -0.2) is 4.70 Å². The highest BCUT2D eigenvalue weighted by Gasteiger charge is 2.36. The normalized spacial score (nSPS) is 13.3. The van der Waals surface area contributed by atoms with Crippen LogP contribution in [0.15, 0.2) is 35.4 Å².